The van der Waals surface area contributed by atoms with E-state index >= 15 is 0 Å². The molecule has 0 aliphatic carbocycles. The van der Waals surface area contributed by atoms with E-state index in [2.05, 4.69) is 51.7 Å². The molecule has 2 rings (SSSR count). The van der Waals surface area contributed by atoms with Crippen LogP contribution in [0.15, 0.2) is 24.4 Å². The molecule has 0 saturated heterocycles. The van der Waals surface area contributed by atoms with E-state index in [1.54, 1.807) is 0 Å². The molecule has 1 atom stereocenters. The summed E-state index contributed by atoms with van der Waals surface area (Å²) >= 11 is 0. The Morgan fingerprint density at radius 1 is 1.21 bits per heavy atom. The van der Waals surface area contributed by atoms with Crippen LogP contribution in [0.3, 0.4) is 0 Å². The fraction of sp³-hybridized carbons (Fsp3) is 0.591. The van der Waals surface area contributed by atoms with Crippen molar-refractivity contribution in [2.24, 2.45) is 16.6 Å². The van der Waals surface area contributed by atoms with Gasteiger partial charge in [-0.15, -0.1) is 0 Å². The Morgan fingerprint density at radius 2 is 1.93 bits per heavy atom. The molecule has 1 aromatic heterocycles. The number of carbonyl (C=O) groups excluding carboxylic acids is 1. The van der Waals surface area contributed by atoms with E-state index in [9.17, 15) is 4.79 Å². The van der Waals surface area contributed by atoms with Crippen LogP contribution in [0.25, 0.3) is 10.9 Å². The highest BCUT2D eigenvalue weighted by Gasteiger charge is 2.30. The van der Waals surface area contributed by atoms with E-state index < -0.39 is 0 Å². The average molecular weight is 422 g/mol. The normalized spacial score (nSPS) is 13.0. The van der Waals surface area contributed by atoms with Crippen molar-refractivity contribution in [2.45, 2.75) is 47.0 Å². The van der Waals surface area contributed by atoms with Crippen molar-refractivity contribution >= 4 is 25.9 Å². The molecule has 0 bridgehead atoms. The largest absolute Gasteiger partial charge is 0.440 e. The van der Waals surface area contributed by atoms with Gasteiger partial charge in [0.05, 0.1) is 6.42 Å². The summed E-state index contributed by atoms with van der Waals surface area (Å²) < 4.78 is 11.3. The molecule has 1 unspecified atom stereocenters. The minimum absolute atomic E-state index is 0.00451. The Labute approximate surface area is 176 Å². The molecule has 6 nitrogen and oxygen atoms in total. The second-order valence-corrected chi connectivity index (χ2v) is 10.2. The smallest absolute Gasteiger partial charge is 0.311 e. The van der Waals surface area contributed by atoms with Gasteiger partial charge in [0.15, 0.2) is 0 Å². The van der Waals surface area contributed by atoms with E-state index in [0.717, 1.165) is 36.0 Å². The third kappa shape index (κ3) is 7.29. The Morgan fingerprint density at radius 3 is 2.59 bits per heavy atom. The van der Waals surface area contributed by atoms with Gasteiger partial charge >= 0.3 is 5.97 Å². The van der Waals surface area contributed by atoms with Crippen molar-refractivity contribution in [3.05, 3.63) is 30.0 Å². The molecule has 7 heteroatoms. The van der Waals surface area contributed by atoms with Gasteiger partial charge in [-0.1, -0.05) is 33.8 Å². The summed E-state index contributed by atoms with van der Waals surface area (Å²) in [6.45, 7) is 9.94. The third-order valence-corrected chi connectivity index (χ3v) is 5.63. The zero-order chi connectivity index (χ0) is 21.7. The highest BCUT2D eigenvalue weighted by atomic mass is 31.1. The molecule has 2 aromatic rings. The Kier molecular flexibility index (Phi) is 8.10. The zero-order valence-corrected chi connectivity index (χ0v) is 19.6. The van der Waals surface area contributed by atoms with Crippen LogP contribution in [0.2, 0.25) is 0 Å². The summed E-state index contributed by atoms with van der Waals surface area (Å²) in [6.07, 6.45) is 4.14. The molecular weight excluding hydrogens is 385 g/mol. The molecule has 0 fully saturated rings. The van der Waals surface area contributed by atoms with Gasteiger partial charge in [0.1, 0.15) is 5.75 Å². The number of nitrogens with zero attached hydrogens (tertiary/aromatic N) is 1. The van der Waals surface area contributed by atoms with Gasteiger partial charge < -0.3 is 24.7 Å². The molecule has 162 valence electrons. The van der Waals surface area contributed by atoms with Gasteiger partial charge in [-0.05, 0) is 62.0 Å². The minimum atomic E-state index is -0.365. The van der Waals surface area contributed by atoms with Crippen LogP contribution in [-0.4, -0.2) is 43.0 Å². The quantitative estimate of drug-likeness (QED) is 0.523. The van der Waals surface area contributed by atoms with Crippen molar-refractivity contribution < 1.29 is 13.8 Å². The lowest BCUT2D eigenvalue weighted by molar-refractivity contribution is -0.136. The summed E-state index contributed by atoms with van der Waals surface area (Å²) in [5, 5.41) is 1.06. The fourth-order valence-corrected chi connectivity index (χ4v) is 4.28. The molecule has 0 aliphatic rings. The first kappa shape index (κ1) is 23.7. The molecule has 29 heavy (non-hydrogen) atoms. The van der Waals surface area contributed by atoms with Crippen molar-refractivity contribution in [2.75, 3.05) is 27.2 Å². The Balaban J connectivity index is 1.95. The van der Waals surface area contributed by atoms with Crippen LogP contribution in [0, 0.1) is 10.8 Å². The van der Waals surface area contributed by atoms with E-state index in [0.29, 0.717) is 13.0 Å². The Hall–Kier alpha value is -1.62. The van der Waals surface area contributed by atoms with E-state index in [1.807, 2.05) is 24.4 Å². The minimum Gasteiger partial charge on any atom is -0.440 e. The topological polar surface area (TPSA) is 80.6 Å². The van der Waals surface area contributed by atoms with Crippen molar-refractivity contribution in [3.63, 3.8) is 0 Å². The molecule has 0 spiro atoms. The summed E-state index contributed by atoms with van der Waals surface area (Å²) in [5.74, 6) is 0.502. The first-order valence-electron chi connectivity index (χ1n) is 10.1. The number of likely N-dealkylation sites (N-methyl/N-ethyl adjacent to an activating group) is 1. The maximum absolute atomic E-state index is 12.3. The summed E-state index contributed by atoms with van der Waals surface area (Å²) in [6, 6.07) is 5.89. The number of carbonyl (C=O) groups is 1. The van der Waals surface area contributed by atoms with Crippen LogP contribution < -0.4 is 10.3 Å². The third-order valence-electron chi connectivity index (χ3n) is 5.02. The number of hydrogen-bond donors (Lipinski definition) is 2. The molecule has 3 N–H and O–H groups in total. The predicted molar refractivity (Wildman–Crippen MR) is 121 cm³/mol. The number of nitrogens with one attached hydrogen (secondary N) is 1. The molecule has 0 aliphatic heterocycles. The first-order chi connectivity index (χ1) is 13.5. The predicted octanol–water partition coefficient (Wildman–Crippen LogP) is 4.49. The number of fused-ring (bicyclic) bond motifs is 1. The molecule has 1 aromatic carbocycles. The molecule has 1 heterocycles. The summed E-state index contributed by atoms with van der Waals surface area (Å²) in [4.78, 5) is 17.8. The monoisotopic (exact) mass is 421 g/mol. The standard InChI is InChI=1S/C22H36N3O3P/c1-21(2,14-22(3,4)15-23)12-19(26)28-29-27-18-9-7-8-17-20(18)16(13-24-17)10-11-25(5)6/h7-9,13,24,29H,10-12,14-15,23H2,1-6H3. The van der Waals surface area contributed by atoms with Crippen LogP contribution >= 0.6 is 9.03 Å². The summed E-state index contributed by atoms with van der Waals surface area (Å²) in [7, 11) is 3.75. The SMILES string of the molecule is CN(C)CCc1c[nH]c2cccc(OPOC(=O)CC(C)(C)CC(C)(C)CN)c12. The lowest BCUT2D eigenvalue weighted by Gasteiger charge is -2.33. The number of rotatable bonds is 11. The van der Waals surface area contributed by atoms with Gasteiger partial charge in [0.2, 0.25) is 0 Å². The first-order valence-corrected chi connectivity index (χ1v) is 10.9. The van der Waals surface area contributed by atoms with Crippen LogP contribution in [0.1, 0.15) is 46.1 Å². The molecular formula is C22H36N3O3P. The number of nitrogens with two attached hydrogens (primary N) is 1. The van der Waals surface area contributed by atoms with Crippen molar-refractivity contribution in [3.8, 4) is 5.75 Å². The van der Waals surface area contributed by atoms with Gasteiger partial charge in [0, 0.05) is 23.6 Å². The number of aromatic nitrogens is 1. The van der Waals surface area contributed by atoms with E-state index in [-0.39, 0.29) is 25.8 Å². The van der Waals surface area contributed by atoms with Crippen molar-refractivity contribution in [1.29, 1.82) is 0 Å². The fourth-order valence-electron chi connectivity index (χ4n) is 3.82. The average Bonchev–Trinajstić information content (AvgIpc) is 3.02. The summed E-state index contributed by atoms with van der Waals surface area (Å²) in [5.41, 5.74) is 7.88. The molecule has 0 radical (unpaired) electrons. The molecule has 0 saturated carbocycles. The number of H-pyrrole nitrogens is 1. The van der Waals surface area contributed by atoms with Gasteiger partial charge in [0.25, 0.3) is 9.03 Å². The van der Waals surface area contributed by atoms with Crippen LogP contribution in [0.5, 0.6) is 5.75 Å². The highest BCUT2D eigenvalue weighted by Crippen LogP contribution is 2.37. The Bertz CT molecular complexity index is 815. The van der Waals surface area contributed by atoms with Crippen LogP contribution in [-0.2, 0) is 15.7 Å². The van der Waals surface area contributed by atoms with Gasteiger partial charge in [-0.3, -0.25) is 4.79 Å². The van der Waals surface area contributed by atoms with Gasteiger partial charge in [-0.25, -0.2) is 0 Å². The van der Waals surface area contributed by atoms with E-state index in [4.69, 9.17) is 14.8 Å². The number of hydrogen-bond acceptors (Lipinski definition) is 5. The van der Waals surface area contributed by atoms with Crippen LogP contribution in [0.4, 0.5) is 0 Å². The number of aromatic amines is 1. The van der Waals surface area contributed by atoms with E-state index in [1.165, 1.54) is 5.56 Å². The highest BCUT2D eigenvalue weighted by molar-refractivity contribution is 7.27. The second-order valence-electron chi connectivity index (χ2n) is 9.59. The lowest BCUT2D eigenvalue weighted by Crippen LogP contribution is -2.31. The zero-order valence-electron chi connectivity index (χ0n) is 18.6. The maximum atomic E-state index is 12.3. The molecule has 0 amide bonds. The lowest BCUT2D eigenvalue weighted by atomic mass is 9.73. The van der Waals surface area contributed by atoms with Gasteiger partial charge in [-0.2, -0.15) is 0 Å². The maximum Gasteiger partial charge on any atom is 0.311 e. The second kappa shape index (κ2) is 9.92. The van der Waals surface area contributed by atoms with Crippen molar-refractivity contribution in [1.82, 2.24) is 9.88 Å². The number of benzene rings is 1.